The van der Waals surface area contributed by atoms with Gasteiger partial charge in [-0.05, 0) is 54.4 Å². The summed E-state index contributed by atoms with van der Waals surface area (Å²) in [6.07, 6.45) is 2.02. The van der Waals surface area contributed by atoms with E-state index in [0.717, 1.165) is 60.7 Å². The Hall–Kier alpha value is -4.44. The molecule has 0 unspecified atom stereocenters. The van der Waals surface area contributed by atoms with E-state index in [-0.39, 0.29) is 5.82 Å². The van der Waals surface area contributed by atoms with E-state index in [4.69, 9.17) is 8.83 Å². The minimum absolute atomic E-state index is 0.324. The van der Waals surface area contributed by atoms with Gasteiger partial charge in [0.25, 0.3) is 0 Å². The Bertz CT molecular complexity index is 1940. The second-order valence-corrected chi connectivity index (χ2v) is 9.04. The third-order valence-corrected chi connectivity index (χ3v) is 6.95. The van der Waals surface area contributed by atoms with Crippen LogP contribution in [0.2, 0.25) is 0 Å². The molecule has 3 heterocycles. The molecule has 0 aliphatic carbocycles. The van der Waals surface area contributed by atoms with E-state index in [2.05, 4.69) is 29.7 Å². The summed E-state index contributed by atoms with van der Waals surface area (Å²) in [6.45, 7) is 2.08. The van der Waals surface area contributed by atoms with Crippen LogP contribution >= 0.6 is 0 Å². The van der Waals surface area contributed by atoms with E-state index in [1.807, 2.05) is 73.9 Å². The van der Waals surface area contributed by atoms with E-state index in [1.165, 1.54) is 6.07 Å². The first-order valence-corrected chi connectivity index (χ1v) is 11.6. The van der Waals surface area contributed by atoms with Crippen molar-refractivity contribution in [2.24, 2.45) is 7.05 Å². The van der Waals surface area contributed by atoms with Crippen molar-refractivity contribution in [1.82, 2.24) is 0 Å². The number of aryl methyl sites for hydroxylation is 2. The van der Waals surface area contributed by atoms with Crippen LogP contribution in [0.5, 0.6) is 0 Å². The Kier molecular flexibility index (Phi) is 4.15. The molecule has 4 aromatic carbocycles. The molecule has 0 aliphatic rings. The predicted octanol–water partition coefficient (Wildman–Crippen LogP) is 8.09. The van der Waals surface area contributed by atoms with Crippen molar-refractivity contribution in [3.8, 4) is 22.4 Å². The van der Waals surface area contributed by atoms with Gasteiger partial charge in [-0.25, -0.2) is 8.96 Å². The lowest BCUT2D eigenvalue weighted by Crippen LogP contribution is -2.30. The van der Waals surface area contributed by atoms with Crippen LogP contribution in [0.25, 0.3) is 66.3 Å². The normalized spacial score (nSPS) is 11.9. The van der Waals surface area contributed by atoms with Gasteiger partial charge in [0.15, 0.2) is 6.20 Å². The summed E-state index contributed by atoms with van der Waals surface area (Å²) >= 11 is 0. The molecule has 0 saturated carbocycles. The van der Waals surface area contributed by atoms with E-state index >= 15 is 4.39 Å². The largest absolute Gasteiger partial charge is 0.456 e. The van der Waals surface area contributed by atoms with Gasteiger partial charge < -0.3 is 8.83 Å². The fourth-order valence-electron chi connectivity index (χ4n) is 5.23. The molecule has 0 aliphatic heterocycles. The van der Waals surface area contributed by atoms with Gasteiger partial charge in [-0.3, -0.25) is 0 Å². The number of hydrogen-bond acceptors (Lipinski definition) is 2. The van der Waals surface area contributed by atoms with Crippen molar-refractivity contribution >= 4 is 43.9 Å². The van der Waals surface area contributed by atoms with Crippen molar-refractivity contribution in [1.29, 1.82) is 0 Å². The first-order chi connectivity index (χ1) is 17.1. The first kappa shape index (κ1) is 20.0. The third-order valence-electron chi connectivity index (χ3n) is 6.95. The zero-order valence-corrected chi connectivity index (χ0v) is 19.3. The van der Waals surface area contributed by atoms with Crippen LogP contribution in [-0.2, 0) is 7.05 Å². The number of rotatable bonds is 2. The maximum atomic E-state index is 15.4. The number of aromatic nitrogens is 1. The van der Waals surface area contributed by atoms with Crippen molar-refractivity contribution < 1.29 is 17.8 Å². The fourth-order valence-corrected chi connectivity index (χ4v) is 5.23. The molecule has 0 spiro atoms. The third kappa shape index (κ3) is 2.86. The summed E-state index contributed by atoms with van der Waals surface area (Å²) in [5, 5.41) is 3.92. The number of furan rings is 2. The molecule has 35 heavy (non-hydrogen) atoms. The highest BCUT2D eigenvalue weighted by Crippen LogP contribution is 2.42. The van der Waals surface area contributed by atoms with E-state index < -0.39 is 0 Å². The van der Waals surface area contributed by atoms with Crippen LogP contribution in [0.3, 0.4) is 0 Å². The number of benzene rings is 4. The lowest BCUT2D eigenvalue weighted by atomic mass is 9.98. The summed E-state index contributed by atoms with van der Waals surface area (Å²) in [6, 6.07) is 27.4. The number of para-hydroxylation sites is 1. The summed E-state index contributed by atoms with van der Waals surface area (Å²) in [7, 11) is 2.02. The molecule has 0 atom stereocenters. The molecule has 0 radical (unpaired) electrons. The molecule has 0 fully saturated rings. The minimum atomic E-state index is -0.324. The molecular weight excluding hydrogens is 437 g/mol. The Labute approximate surface area is 200 Å². The number of fused-ring (bicyclic) bond motifs is 6. The van der Waals surface area contributed by atoms with Crippen LogP contribution in [0.4, 0.5) is 4.39 Å². The average molecular weight is 459 g/mol. The molecule has 3 nitrogen and oxygen atoms in total. The van der Waals surface area contributed by atoms with Crippen LogP contribution in [0.15, 0.2) is 100.0 Å². The van der Waals surface area contributed by atoms with Crippen LogP contribution < -0.4 is 4.57 Å². The molecule has 0 bridgehead atoms. The lowest BCUT2D eigenvalue weighted by molar-refractivity contribution is -0.660. The smallest absolute Gasteiger partial charge is 0.216 e. The van der Waals surface area contributed by atoms with Crippen LogP contribution in [-0.4, -0.2) is 0 Å². The Morgan fingerprint density at radius 3 is 2.23 bits per heavy atom. The van der Waals surface area contributed by atoms with E-state index in [9.17, 15) is 0 Å². The van der Waals surface area contributed by atoms with Gasteiger partial charge in [-0.2, -0.15) is 0 Å². The topological polar surface area (TPSA) is 30.2 Å². The van der Waals surface area contributed by atoms with Gasteiger partial charge in [0.1, 0.15) is 35.2 Å². The summed E-state index contributed by atoms with van der Waals surface area (Å²) in [4.78, 5) is 0. The van der Waals surface area contributed by atoms with Crippen molar-refractivity contribution in [2.75, 3.05) is 0 Å². The Morgan fingerprint density at radius 2 is 1.37 bits per heavy atom. The Morgan fingerprint density at radius 1 is 0.657 bits per heavy atom. The molecule has 0 saturated heterocycles. The number of pyridine rings is 1. The second kappa shape index (κ2) is 7.28. The number of nitrogens with zero attached hydrogens (tertiary/aromatic N) is 1. The zero-order valence-electron chi connectivity index (χ0n) is 19.3. The highest BCUT2D eigenvalue weighted by molar-refractivity contribution is 6.14. The molecular formula is C31H21FNO2+. The quantitative estimate of drug-likeness (QED) is 0.245. The SMILES string of the molecule is Cc1ccc2c(oc3c(-c4ccc5c(c4)oc4ccccc45)c(F)ccc32)c1-c1cccc[n+]1C. The van der Waals surface area contributed by atoms with Gasteiger partial charge in [-0.1, -0.05) is 36.4 Å². The zero-order chi connectivity index (χ0) is 23.7. The highest BCUT2D eigenvalue weighted by atomic mass is 19.1. The summed E-state index contributed by atoms with van der Waals surface area (Å²) < 4.78 is 30.1. The maximum absolute atomic E-state index is 15.4. The predicted molar refractivity (Wildman–Crippen MR) is 138 cm³/mol. The standard InChI is InChI=1S/C31H21FNO2/c1-18-10-12-22-23-14-15-24(32)29(31(23)35-30(22)28(18)25-8-5-6-16-33(25)2)19-11-13-21-20-7-3-4-9-26(20)34-27(21)17-19/h3-17H,1-2H3/q+1. The highest BCUT2D eigenvalue weighted by Gasteiger charge is 2.23. The van der Waals surface area contributed by atoms with Gasteiger partial charge in [0, 0.05) is 33.7 Å². The number of halogens is 1. The van der Waals surface area contributed by atoms with Crippen LogP contribution in [0.1, 0.15) is 5.56 Å². The van der Waals surface area contributed by atoms with Crippen molar-refractivity contribution in [2.45, 2.75) is 6.92 Å². The molecule has 168 valence electrons. The molecule has 0 N–H and O–H groups in total. The average Bonchev–Trinajstić information content (AvgIpc) is 3.42. The van der Waals surface area contributed by atoms with Gasteiger partial charge in [0.2, 0.25) is 5.69 Å². The molecule has 7 rings (SSSR count). The summed E-state index contributed by atoms with van der Waals surface area (Å²) in [5.41, 5.74) is 7.18. The van der Waals surface area contributed by atoms with Crippen LogP contribution in [0, 0.1) is 12.7 Å². The Balaban J connectivity index is 1.54. The second-order valence-electron chi connectivity index (χ2n) is 9.04. The van der Waals surface area contributed by atoms with Gasteiger partial charge >= 0.3 is 0 Å². The molecule has 4 heteroatoms. The molecule has 7 aromatic rings. The van der Waals surface area contributed by atoms with Gasteiger partial charge in [0.05, 0.1) is 11.1 Å². The van der Waals surface area contributed by atoms with Gasteiger partial charge in [-0.15, -0.1) is 0 Å². The fraction of sp³-hybridized carbons (Fsp3) is 0.0645. The summed E-state index contributed by atoms with van der Waals surface area (Å²) in [5.74, 6) is -0.324. The van der Waals surface area contributed by atoms with Crippen molar-refractivity contribution in [3.63, 3.8) is 0 Å². The molecule has 3 aromatic heterocycles. The minimum Gasteiger partial charge on any atom is -0.456 e. The lowest BCUT2D eigenvalue weighted by Gasteiger charge is -2.05. The molecule has 0 amide bonds. The van der Waals surface area contributed by atoms with E-state index in [1.54, 1.807) is 0 Å². The first-order valence-electron chi connectivity index (χ1n) is 11.6. The van der Waals surface area contributed by atoms with Crippen molar-refractivity contribution in [3.05, 3.63) is 103 Å². The monoisotopic (exact) mass is 458 g/mol. The maximum Gasteiger partial charge on any atom is 0.216 e. The number of hydrogen-bond donors (Lipinski definition) is 0. The van der Waals surface area contributed by atoms with E-state index in [0.29, 0.717) is 11.1 Å².